The van der Waals surface area contributed by atoms with E-state index in [4.69, 9.17) is 4.84 Å². The van der Waals surface area contributed by atoms with Gasteiger partial charge in [-0.05, 0) is 12.5 Å². The maximum Gasteiger partial charge on any atom is 0.377 e. The highest BCUT2D eigenvalue weighted by Crippen LogP contribution is 2.06. The zero-order valence-electron chi connectivity index (χ0n) is 11.5. The van der Waals surface area contributed by atoms with Gasteiger partial charge in [-0.15, -0.1) is 0 Å². The van der Waals surface area contributed by atoms with E-state index in [-0.39, 0.29) is 5.76 Å². The summed E-state index contributed by atoms with van der Waals surface area (Å²) in [5.74, 6) is -1.91. The summed E-state index contributed by atoms with van der Waals surface area (Å²) < 4.78 is 8.90. The van der Waals surface area contributed by atoms with Gasteiger partial charge in [0.05, 0.1) is 26.0 Å². The molecule has 6 heteroatoms. The Bertz CT molecular complexity index is 534. The molecule has 0 atom stereocenters. The molecular formula is C14H15NO5. The van der Waals surface area contributed by atoms with Crippen molar-refractivity contribution in [3.05, 3.63) is 47.7 Å². The van der Waals surface area contributed by atoms with Crippen LogP contribution in [0.15, 0.2) is 47.3 Å². The van der Waals surface area contributed by atoms with Crippen LogP contribution in [-0.4, -0.2) is 31.9 Å². The number of hydrogen-bond acceptors (Lipinski definition) is 6. The number of carbonyl (C=O) groups is 2. The van der Waals surface area contributed by atoms with Crippen molar-refractivity contribution in [1.29, 1.82) is 0 Å². The lowest BCUT2D eigenvalue weighted by Gasteiger charge is -2.04. The minimum Gasteiger partial charge on any atom is -0.466 e. The van der Waals surface area contributed by atoms with Crippen molar-refractivity contribution in [3.63, 3.8) is 0 Å². The van der Waals surface area contributed by atoms with Crippen LogP contribution in [0.3, 0.4) is 0 Å². The Hall–Kier alpha value is -2.63. The first kappa shape index (κ1) is 15.4. The van der Waals surface area contributed by atoms with Crippen molar-refractivity contribution in [2.75, 3.05) is 14.2 Å². The van der Waals surface area contributed by atoms with Crippen molar-refractivity contribution in [3.8, 4) is 0 Å². The molecule has 1 aromatic carbocycles. The molecule has 0 unspecified atom stereocenters. The molecule has 0 bridgehead atoms. The van der Waals surface area contributed by atoms with Crippen molar-refractivity contribution >= 4 is 17.7 Å². The highest BCUT2D eigenvalue weighted by atomic mass is 16.7. The molecule has 0 radical (unpaired) electrons. The van der Waals surface area contributed by atoms with Crippen LogP contribution < -0.4 is 0 Å². The van der Waals surface area contributed by atoms with E-state index in [9.17, 15) is 9.59 Å². The van der Waals surface area contributed by atoms with E-state index < -0.39 is 11.9 Å². The summed E-state index contributed by atoms with van der Waals surface area (Å²) in [7, 11) is 2.36. The molecule has 0 fully saturated rings. The number of nitrogens with zero attached hydrogens (tertiary/aromatic N) is 1. The summed E-state index contributed by atoms with van der Waals surface area (Å²) in [6, 6.07) is 9.24. The number of oxime groups is 1. The van der Waals surface area contributed by atoms with Gasteiger partial charge in [-0.25, -0.2) is 9.59 Å². The van der Waals surface area contributed by atoms with Crippen LogP contribution in [0.1, 0.15) is 12.5 Å². The smallest absolute Gasteiger partial charge is 0.377 e. The molecular weight excluding hydrogens is 262 g/mol. The van der Waals surface area contributed by atoms with E-state index in [1.54, 1.807) is 6.92 Å². The van der Waals surface area contributed by atoms with Crippen molar-refractivity contribution < 1.29 is 23.9 Å². The van der Waals surface area contributed by atoms with Crippen LogP contribution in [0, 0.1) is 0 Å². The van der Waals surface area contributed by atoms with Crippen LogP contribution in [0.5, 0.6) is 0 Å². The largest absolute Gasteiger partial charge is 0.466 e. The fourth-order valence-corrected chi connectivity index (χ4v) is 1.24. The molecule has 0 amide bonds. The number of ether oxygens (including phenoxy) is 2. The van der Waals surface area contributed by atoms with E-state index in [0.29, 0.717) is 5.71 Å². The van der Waals surface area contributed by atoms with Crippen molar-refractivity contribution in [2.24, 2.45) is 5.16 Å². The average Bonchev–Trinajstić information content (AvgIpc) is 2.50. The van der Waals surface area contributed by atoms with Gasteiger partial charge in [0.2, 0.25) is 5.76 Å². The third-order valence-corrected chi connectivity index (χ3v) is 2.31. The highest BCUT2D eigenvalue weighted by molar-refractivity contribution is 5.99. The van der Waals surface area contributed by atoms with Gasteiger partial charge in [-0.2, -0.15) is 0 Å². The second-order valence-corrected chi connectivity index (χ2v) is 3.66. The van der Waals surface area contributed by atoms with Crippen LogP contribution in [-0.2, 0) is 23.9 Å². The minimum atomic E-state index is -0.819. The normalized spacial score (nSPS) is 11.8. The average molecular weight is 277 g/mol. The van der Waals surface area contributed by atoms with Crippen LogP contribution in [0.2, 0.25) is 0 Å². The number of hydrogen-bond donors (Lipinski definition) is 0. The summed E-state index contributed by atoms with van der Waals surface area (Å²) >= 11 is 0. The van der Waals surface area contributed by atoms with E-state index in [1.807, 2.05) is 30.3 Å². The minimum absolute atomic E-state index is 0.352. The third kappa shape index (κ3) is 4.56. The summed E-state index contributed by atoms with van der Waals surface area (Å²) in [5.41, 5.74) is 1.38. The first-order valence-electron chi connectivity index (χ1n) is 5.73. The molecule has 20 heavy (non-hydrogen) atoms. The molecule has 106 valence electrons. The summed E-state index contributed by atoms with van der Waals surface area (Å²) in [6.07, 6.45) is 0.869. The molecule has 6 nitrogen and oxygen atoms in total. The Morgan fingerprint density at radius 1 is 1.10 bits per heavy atom. The molecule has 0 aliphatic carbocycles. The molecule has 0 saturated heterocycles. The fourth-order valence-electron chi connectivity index (χ4n) is 1.24. The van der Waals surface area contributed by atoms with Crippen LogP contribution in [0.25, 0.3) is 0 Å². The fraction of sp³-hybridized carbons (Fsp3) is 0.214. The van der Waals surface area contributed by atoms with Gasteiger partial charge >= 0.3 is 11.9 Å². The van der Waals surface area contributed by atoms with Crippen molar-refractivity contribution in [1.82, 2.24) is 0 Å². The Balaban J connectivity index is 2.89. The molecule has 0 spiro atoms. The number of esters is 2. The van der Waals surface area contributed by atoms with Gasteiger partial charge < -0.3 is 14.3 Å². The van der Waals surface area contributed by atoms with E-state index in [1.165, 1.54) is 14.2 Å². The molecule has 0 saturated carbocycles. The standard InChI is InChI=1S/C14H15NO5/c1-10(11-7-5-4-6-8-11)15-20-12(14(17)19-3)9-13(16)18-2/h4-9H,1-3H3/b12-9+,15-10+. The topological polar surface area (TPSA) is 74.2 Å². The van der Waals surface area contributed by atoms with Gasteiger partial charge in [0.15, 0.2) is 0 Å². The quantitative estimate of drug-likeness (QED) is 0.269. The Morgan fingerprint density at radius 3 is 2.30 bits per heavy atom. The molecule has 0 N–H and O–H groups in total. The second-order valence-electron chi connectivity index (χ2n) is 3.66. The summed E-state index contributed by atoms with van der Waals surface area (Å²) in [5, 5.41) is 3.79. The number of carbonyl (C=O) groups excluding carboxylic acids is 2. The lowest BCUT2D eigenvalue weighted by Crippen LogP contribution is -2.10. The molecule has 0 aromatic heterocycles. The SMILES string of the molecule is COC(=O)/C=C(/O/N=C(\C)c1ccccc1)C(=O)OC. The van der Waals surface area contributed by atoms with Crippen LogP contribution >= 0.6 is 0 Å². The van der Waals surface area contributed by atoms with Gasteiger partial charge in [0.25, 0.3) is 0 Å². The van der Waals surface area contributed by atoms with E-state index in [2.05, 4.69) is 14.6 Å². The number of methoxy groups -OCH3 is 2. The first-order chi connectivity index (χ1) is 9.58. The van der Waals surface area contributed by atoms with Gasteiger partial charge in [0.1, 0.15) is 0 Å². The van der Waals surface area contributed by atoms with E-state index in [0.717, 1.165) is 11.6 Å². The highest BCUT2D eigenvalue weighted by Gasteiger charge is 2.15. The lowest BCUT2D eigenvalue weighted by molar-refractivity contribution is -0.142. The van der Waals surface area contributed by atoms with Gasteiger partial charge in [0, 0.05) is 0 Å². The number of benzene rings is 1. The Kier molecular flexibility index (Phi) is 5.96. The van der Waals surface area contributed by atoms with Crippen LogP contribution in [0.4, 0.5) is 0 Å². The summed E-state index contributed by atoms with van der Waals surface area (Å²) in [6.45, 7) is 1.71. The maximum atomic E-state index is 11.4. The van der Waals surface area contributed by atoms with Gasteiger partial charge in [-0.1, -0.05) is 35.5 Å². The molecule has 0 heterocycles. The Morgan fingerprint density at radius 2 is 1.75 bits per heavy atom. The molecule has 1 aromatic rings. The summed E-state index contributed by atoms with van der Waals surface area (Å²) in [4.78, 5) is 27.5. The van der Waals surface area contributed by atoms with E-state index >= 15 is 0 Å². The lowest BCUT2D eigenvalue weighted by atomic mass is 10.1. The predicted octanol–water partition coefficient (Wildman–Crippen LogP) is 1.66. The maximum absolute atomic E-state index is 11.4. The zero-order chi connectivity index (χ0) is 15.0. The first-order valence-corrected chi connectivity index (χ1v) is 5.73. The monoisotopic (exact) mass is 277 g/mol. The van der Waals surface area contributed by atoms with Gasteiger partial charge in [-0.3, -0.25) is 0 Å². The molecule has 0 aliphatic rings. The molecule has 0 aliphatic heterocycles. The molecule has 1 rings (SSSR count). The second kappa shape index (κ2) is 7.73. The third-order valence-electron chi connectivity index (χ3n) is 2.31. The zero-order valence-corrected chi connectivity index (χ0v) is 11.5. The van der Waals surface area contributed by atoms with Crippen molar-refractivity contribution in [2.45, 2.75) is 6.92 Å². The Labute approximate surface area is 116 Å². The predicted molar refractivity (Wildman–Crippen MR) is 71.9 cm³/mol. The number of rotatable bonds is 5.